The Morgan fingerprint density at radius 2 is 1.93 bits per heavy atom. The van der Waals surface area contributed by atoms with E-state index in [4.69, 9.17) is 4.42 Å². The summed E-state index contributed by atoms with van der Waals surface area (Å²) in [7, 11) is -3.27. The molecule has 1 heterocycles. The normalized spacial score (nSPS) is 13.5. The van der Waals surface area contributed by atoms with Gasteiger partial charge in [0, 0.05) is 24.3 Å². The molecule has 2 rings (SSSR count). The second-order valence-corrected chi connectivity index (χ2v) is 10.7. The maximum atomic E-state index is 12.1. The summed E-state index contributed by atoms with van der Waals surface area (Å²) >= 11 is 0. The van der Waals surface area contributed by atoms with Crippen LogP contribution in [0.4, 0.5) is 5.69 Å². The first-order valence-corrected chi connectivity index (χ1v) is 11.0. The lowest BCUT2D eigenvalue weighted by atomic mass is 10.1. The van der Waals surface area contributed by atoms with E-state index in [1.54, 1.807) is 27.0 Å². The molecule has 0 fully saturated rings. The van der Waals surface area contributed by atoms with Crippen LogP contribution >= 0.6 is 0 Å². The number of aryl methyl sites for hydroxylation is 1. The third kappa shape index (κ3) is 6.11. The van der Waals surface area contributed by atoms with Gasteiger partial charge >= 0.3 is 0 Å². The van der Waals surface area contributed by atoms with Crippen LogP contribution in [0.3, 0.4) is 0 Å². The predicted octanol–water partition coefficient (Wildman–Crippen LogP) is 4.80. The Labute approximate surface area is 163 Å². The van der Waals surface area contributed by atoms with Crippen molar-refractivity contribution in [2.45, 2.75) is 52.2 Å². The first-order chi connectivity index (χ1) is 12.6. The molecular weight excluding hydrogens is 360 g/mol. The summed E-state index contributed by atoms with van der Waals surface area (Å²) in [5, 5.41) is 3.47. The number of hydrogen-bond donors (Lipinski definition) is 2. The number of rotatable bonds is 9. The summed E-state index contributed by atoms with van der Waals surface area (Å²) in [5.41, 5.74) is 3.36. The quantitative estimate of drug-likeness (QED) is 0.601. The summed E-state index contributed by atoms with van der Waals surface area (Å²) in [6, 6.07) is 10.1. The van der Waals surface area contributed by atoms with Crippen LogP contribution in [-0.2, 0) is 10.0 Å². The third-order valence-corrected chi connectivity index (χ3v) is 6.81. The molecule has 0 spiro atoms. The molecule has 0 radical (unpaired) electrons. The van der Waals surface area contributed by atoms with Gasteiger partial charge in [0.25, 0.3) is 0 Å². The summed E-state index contributed by atoms with van der Waals surface area (Å²) in [6.07, 6.45) is 3.63. The third-order valence-electron chi connectivity index (χ3n) is 4.65. The molecule has 0 saturated carbocycles. The van der Waals surface area contributed by atoms with Crippen LogP contribution < -0.4 is 10.0 Å². The molecule has 2 N–H and O–H groups in total. The highest BCUT2D eigenvalue weighted by atomic mass is 32.2. The SMILES string of the molecule is Cc1cc(-c2ccco2)ccc1NCCCC(C)CNS(=O)(=O)C(C)(C)C. The molecule has 2 aromatic rings. The Morgan fingerprint density at radius 1 is 1.19 bits per heavy atom. The minimum absolute atomic E-state index is 0.298. The molecule has 1 atom stereocenters. The Morgan fingerprint density at radius 3 is 2.52 bits per heavy atom. The second-order valence-electron chi connectivity index (χ2n) is 8.15. The van der Waals surface area contributed by atoms with Gasteiger partial charge in [0.2, 0.25) is 10.0 Å². The van der Waals surface area contributed by atoms with Gasteiger partial charge in [0.05, 0.1) is 11.0 Å². The van der Waals surface area contributed by atoms with Gasteiger partial charge in [-0.2, -0.15) is 0 Å². The van der Waals surface area contributed by atoms with Crippen LogP contribution in [0.1, 0.15) is 46.1 Å². The van der Waals surface area contributed by atoms with Gasteiger partial charge in [-0.15, -0.1) is 0 Å². The van der Waals surface area contributed by atoms with E-state index < -0.39 is 14.8 Å². The molecule has 5 nitrogen and oxygen atoms in total. The zero-order valence-corrected chi connectivity index (χ0v) is 17.8. The summed E-state index contributed by atoms with van der Waals surface area (Å²) in [5.74, 6) is 1.17. The van der Waals surface area contributed by atoms with Crippen molar-refractivity contribution in [3.05, 3.63) is 42.2 Å². The number of benzene rings is 1. The molecule has 150 valence electrons. The Balaban J connectivity index is 1.75. The molecular formula is C21H32N2O3S. The molecule has 0 aliphatic rings. The van der Waals surface area contributed by atoms with E-state index in [2.05, 4.69) is 42.1 Å². The number of hydrogen-bond acceptors (Lipinski definition) is 4. The van der Waals surface area contributed by atoms with Crippen molar-refractivity contribution in [2.75, 3.05) is 18.4 Å². The zero-order valence-electron chi connectivity index (χ0n) is 17.0. The minimum atomic E-state index is -3.27. The van der Waals surface area contributed by atoms with Gasteiger partial charge in [-0.25, -0.2) is 13.1 Å². The molecule has 6 heteroatoms. The number of nitrogens with one attached hydrogen (secondary N) is 2. The lowest BCUT2D eigenvalue weighted by Crippen LogP contribution is -2.41. The first kappa shape index (κ1) is 21.5. The molecule has 0 amide bonds. The van der Waals surface area contributed by atoms with E-state index in [0.717, 1.165) is 36.4 Å². The van der Waals surface area contributed by atoms with Crippen LogP contribution in [0, 0.1) is 12.8 Å². The smallest absolute Gasteiger partial charge is 0.216 e. The lowest BCUT2D eigenvalue weighted by Gasteiger charge is -2.21. The van der Waals surface area contributed by atoms with Gasteiger partial charge < -0.3 is 9.73 Å². The topological polar surface area (TPSA) is 71.3 Å². The van der Waals surface area contributed by atoms with E-state index in [1.807, 2.05) is 12.1 Å². The molecule has 0 aliphatic heterocycles. The summed E-state index contributed by atoms with van der Waals surface area (Å²) < 4.78 is 31.6. The molecule has 1 aromatic carbocycles. The van der Waals surface area contributed by atoms with Gasteiger partial charge in [0.1, 0.15) is 5.76 Å². The Kier molecular flexibility index (Phi) is 7.12. The van der Waals surface area contributed by atoms with Crippen LogP contribution in [-0.4, -0.2) is 26.3 Å². The monoisotopic (exact) mass is 392 g/mol. The van der Waals surface area contributed by atoms with E-state index >= 15 is 0 Å². The van der Waals surface area contributed by atoms with Crippen molar-refractivity contribution in [2.24, 2.45) is 5.92 Å². The van der Waals surface area contributed by atoms with Crippen molar-refractivity contribution in [3.8, 4) is 11.3 Å². The average Bonchev–Trinajstić information content (AvgIpc) is 3.11. The molecule has 0 aliphatic carbocycles. The lowest BCUT2D eigenvalue weighted by molar-refractivity contribution is 0.489. The van der Waals surface area contributed by atoms with Crippen LogP contribution in [0.2, 0.25) is 0 Å². The highest BCUT2D eigenvalue weighted by Crippen LogP contribution is 2.25. The van der Waals surface area contributed by atoms with Gasteiger partial charge in [-0.1, -0.05) is 6.92 Å². The minimum Gasteiger partial charge on any atom is -0.464 e. The van der Waals surface area contributed by atoms with E-state index in [9.17, 15) is 8.42 Å². The Bertz CT molecular complexity index is 822. The molecule has 0 saturated heterocycles. The van der Waals surface area contributed by atoms with Gasteiger partial charge in [-0.3, -0.25) is 0 Å². The van der Waals surface area contributed by atoms with Crippen molar-refractivity contribution in [3.63, 3.8) is 0 Å². The van der Waals surface area contributed by atoms with Crippen LogP contribution in [0.5, 0.6) is 0 Å². The molecule has 27 heavy (non-hydrogen) atoms. The van der Waals surface area contributed by atoms with Gasteiger partial charge in [-0.05, 0) is 82.3 Å². The fraction of sp³-hybridized carbons (Fsp3) is 0.524. The fourth-order valence-electron chi connectivity index (χ4n) is 2.70. The highest BCUT2D eigenvalue weighted by Gasteiger charge is 2.28. The van der Waals surface area contributed by atoms with E-state index in [1.165, 1.54) is 5.56 Å². The molecule has 1 unspecified atom stereocenters. The first-order valence-electron chi connectivity index (χ1n) is 9.48. The predicted molar refractivity (Wildman–Crippen MR) is 112 cm³/mol. The fourth-order valence-corrected chi connectivity index (χ4v) is 3.64. The summed E-state index contributed by atoms with van der Waals surface area (Å²) in [4.78, 5) is 0. The number of sulfonamides is 1. The van der Waals surface area contributed by atoms with Crippen LogP contribution in [0.25, 0.3) is 11.3 Å². The van der Waals surface area contributed by atoms with Crippen LogP contribution in [0.15, 0.2) is 41.0 Å². The average molecular weight is 393 g/mol. The maximum absolute atomic E-state index is 12.1. The maximum Gasteiger partial charge on any atom is 0.216 e. The largest absolute Gasteiger partial charge is 0.464 e. The zero-order chi connectivity index (χ0) is 20.1. The molecule has 1 aromatic heterocycles. The Hall–Kier alpha value is -1.79. The van der Waals surface area contributed by atoms with Crippen molar-refractivity contribution in [1.82, 2.24) is 4.72 Å². The molecule has 0 bridgehead atoms. The number of anilines is 1. The van der Waals surface area contributed by atoms with Crippen molar-refractivity contribution in [1.29, 1.82) is 0 Å². The number of furan rings is 1. The van der Waals surface area contributed by atoms with Crippen molar-refractivity contribution >= 4 is 15.7 Å². The standard InChI is InChI=1S/C21H32N2O3S/c1-16(15-23-27(24,25)21(3,4)5)8-6-12-22-19-11-10-18(14-17(19)2)20-9-7-13-26-20/h7,9-11,13-14,16,22-23H,6,8,12,15H2,1-5H3. The second kappa shape index (κ2) is 8.93. The van der Waals surface area contributed by atoms with Crippen molar-refractivity contribution < 1.29 is 12.8 Å². The van der Waals surface area contributed by atoms with Gasteiger partial charge in [0.15, 0.2) is 0 Å². The van der Waals surface area contributed by atoms with E-state index in [-0.39, 0.29) is 0 Å². The summed E-state index contributed by atoms with van der Waals surface area (Å²) in [6.45, 7) is 10.6. The highest BCUT2D eigenvalue weighted by molar-refractivity contribution is 7.90. The van der Waals surface area contributed by atoms with E-state index in [0.29, 0.717) is 12.5 Å².